The number of nitro groups is 1. The van der Waals surface area contributed by atoms with Crippen LogP contribution in [0.25, 0.3) is 0 Å². The van der Waals surface area contributed by atoms with Gasteiger partial charge in [0.05, 0.1) is 11.0 Å². The van der Waals surface area contributed by atoms with Crippen molar-refractivity contribution in [2.75, 3.05) is 0 Å². The summed E-state index contributed by atoms with van der Waals surface area (Å²) in [5, 5.41) is 10.6. The van der Waals surface area contributed by atoms with E-state index in [9.17, 15) is 18.9 Å². The van der Waals surface area contributed by atoms with E-state index in [4.69, 9.17) is 5.73 Å². The Morgan fingerprint density at radius 2 is 2.00 bits per heavy atom. The van der Waals surface area contributed by atoms with E-state index in [2.05, 4.69) is 0 Å². The zero-order valence-electron chi connectivity index (χ0n) is 7.77. The van der Waals surface area contributed by atoms with Gasteiger partial charge in [-0.2, -0.15) is 0 Å². The second-order valence-corrected chi connectivity index (χ2v) is 3.09. The van der Waals surface area contributed by atoms with Gasteiger partial charge in [-0.1, -0.05) is 18.2 Å². The molecule has 15 heavy (non-hydrogen) atoms. The molecule has 0 aliphatic rings. The average Bonchev–Trinajstić information content (AvgIpc) is 2.18. The van der Waals surface area contributed by atoms with Gasteiger partial charge in [-0.25, -0.2) is 8.78 Å². The Morgan fingerprint density at radius 1 is 1.40 bits per heavy atom. The van der Waals surface area contributed by atoms with Crippen LogP contribution >= 0.6 is 0 Å². The molecule has 0 saturated carbocycles. The summed E-state index contributed by atoms with van der Waals surface area (Å²) in [7, 11) is 0. The predicted octanol–water partition coefficient (Wildman–Crippen LogP) is 1.73. The molecule has 0 aromatic heterocycles. The van der Waals surface area contributed by atoms with Crippen molar-refractivity contribution in [3.05, 3.63) is 39.9 Å². The third-order valence-corrected chi connectivity index (χ3v) is 1.97. The van der Waals surface area contributed by atoms with Crippen molar-refractivity contribution < 1.29 is 13.7 Å². The molecule has 1 aromatic carbocycles. The summed E-state index contributed by atoms with van der Waals surface area (Å²) in [6.45, 7) is 0. The number of hydrogen-bond donors (Lipinski definition) is 1. The molecule has 82 valence electrons. The highest BCUT2D eigenvalue weighted by Crippen LogP contribution is 2.20. The number of halogens is 2. The number of alkyl halides is 2. The summed E-state index contributed by atoms with van der Waals surface area (Å²) in [5.41, 5.74) is 5.20. The molecule has 0 spiro atoms. The predicted molar refractivity (Wildman–Crippen MR) is 50.8 cm³/mol. The highest BCUT2D eigenvalue weighted by atomic mass is 19.3. The van der Waals surface area contributed by atoms with Crippen molar-refractivity contribution in [2.24, 2.45) is 5.73 Å². The molecule has 0 bridgehead atoms. The van der Waals surface area contributed by atoms with Crippen molar-refractivity contribution in [2.45, 2.75) is 18.9 Å². The second kappa shape index (κ2) is 4.79. The number of para-hydroxylation sites is 1. The first-order valence-electron chi connectivity index (χ1n) is 4.28. The fourth-order valence-corrected chi connectivity index (χ4v) is 1.20. The van der Waals surface area contributed by atoms with Crippen LogP contribution in [0.2, 0.25) is 0 Å². The Hall–Kier alpha value is -1.56. The maximum absolute atomic E-state index is 12.2. The molecule has 0 amide bonds. The summed E-state index contributed by atoms with van der Waals surface area (Å²) in [4.78, 5) is 9.95. The number of nitrogens with two attached hydrogens (primary N) is 1. The van der Waals surface area contributed by atoms with Gasteiger partial charge in [0.15, 0.2) is 0 Å². The van der Waals surface area contributed by atoms with Gasteiger partial charge in [0.1, 0.15) is 0 Å². The molecule has 1 aromatic rings. The van der Waals surface area contributed by atoms with Gasteiger partial charge in [-0.15, -0.1) is 0 Å². The molecule has 0 radical (unpaired) electrons. The summed E-state index contributed by atoms with van der Waals surface area (Å²) < 4.78 is 24.3. The molecule has 0 saturated heterocycles. The van der Waals surface area contributed by atoms with E-state index in [1.807, 2.05) is 0 Å². The molecule has 0 fully saturated rings. The van der Waals surface area contributed by atoms with Gasteiger partial charge in [0, 0.05) is 11.6 Å². The van der Waals surface area contributed by atoms with E-state index >= 15 is 0 Å². The van der Waals surface area contributed by atoms with Crippen LogP contribution in [0.15, 0.2) is 24.3 Å². The summed E-state index contributed by atoms with van der Waals surface area (Å²) in [5.74, 6) is 0. The fourth-order valence-electron chi connectivity index (χ4n) is 1.20. The van der Waals surface area contributed by atoms with E-state index in [1.54, 1.807) is 6.07 Å². The lowest BCUT2D eigenvalue weighted by atomic mass is 10.1. The highest BCUT2D eigenvalue weighted by molar-refractivity contribution is 5.40. The number of benzene rings is 1. The van der Waals surface area contributed by atoms with Gasteiger partial charge in [0.2, 0.25) is 0 Å². The zero-order valence-corrected chi connectivity index (χ0v) is 7.77. The minimum Gasteiger partial charge on any atom is -0.323 e. The topological polar surface area (TPSA) is 69.2 Å². The zero-order chi connectivity index (χ0) is 11.4. The lowest BCUT2D eigenvalue weighted by Crippen LogP contribution is -2.31. The van der Waals surface area contributed by atoms with Gasteiger partial charge >= 0.3 is 0 Å². The van der Waals surface area contributed by atoms with E-state index in [-0.39, 0.29) is 17.7 Å². The van der Waals surface area contributed by atoms with Gasteiger partial charge in [-0.05, 0) is 6.42 Å². The Kier molecular flexibility index (Phi) is 3.68. The van der Waals surface area contributed by atoms with Crippen molar-refractivity contribution in [3.63, 3.8) is 0 Å². The molecule has 0 aliphatic carbocycles. The van der Waals surface area contributed by atoms with Gasteiger partial charge < -0.3 is 5.73 Å². The standard InChI is InChI=1S/C9H10F2N2O2/c10-9(11)7(12)5-6-3-1-2-4-8(6)13(14)15/h1-4,7,9H,5,12H2. The number of hydrogen-bond acceptors (Lipinski definition) is 3. The Balaban J connectivity index is 2.89. The van der Waals surface area contributed by atoms with Crippen molar-refractivity contribution in [1.82, 2.24) is 0 Å². The first-order chi connectivity index (χ1) is 7.02. The SMILES string of the molecule is NC(Cc1ccccc1[N+](=O)[O-])C(F)F. The minimum absolute atomic E-state index is 0.173. The molecule has 0 aliphatic heterocycles. The maximum Gasteiger partial charge on any atom is 0.272 e. The highest BCUT2D eigenvalue weighted by Gasteiger charge is 2.20. The Bertz CT molecular complexity index is 358. The number of nitrogens with zero attached hydrogens (tertiary/aromatic N) is 1. The molecular formula is C9H10F2N2O2. The Labute approximate surface area is 84.9 Å². The largest absolute Gasteiger partial charge is 0.323 e. The summed E-state index contributed by atoms with van der Waals surface area (Å²) >= 11 is 0. The molecule has 4 nitrogen and oxygen atoms in total. The minimum atomic E-state index is -2.68. The Morgan fingerprint density at radius 3 is 2.53 bits per heavy atom. The quantitative estimate of drug-likeness (QED) is 0.615. The normalized spacial score (nSPS) is 12.8. The maximum atomic E-state index is 12.2. The number of rotatable bonds is 4. The van der Waals surface area contributed by atoms with E-state index < -0.39 is 17.4 Å². The smallest absolute Gasteiger partial charge is 0.272 e. The van der Waals surface area contributed by atoms with Gasteiger partial charge in [0.25, 0.3) is 12.1 Å². The van der Waals surface area contributed by atoms with Crippen LogP contribution in [-0.4, -0.2) is 17.4 Å². The van der Waals surface area contributed by atoms with Crippen LogP contribution in [0.5, 0.6) is 0 Å². The van der Waals surface area contributed by atoms with Crippen LogP contribution in [0.4, 0.5) is 14.5 Å². The van der Waals surface area contributed by atoms with E-state index in [0.717, 1.165) is 0 Å². The summed E-state index contributed by atoms with van der Waals surface area (Å²) in [6.07, 6.45) is -2.88. The first kappa shape index (κ1) is 11.5. The second-order valence-electron chi connectivity index (χ2n) is 3.09. The summed E-state index contributed by atoms with van der Waals surface area (Å²) in [6, 6.07) is 4.37. The van der Waals surface area contributed by atoms with Crippen molar-refractivity contribution in [3.8, 4) is 0 Å². The third kappa shape index (κ3) is 2.95. The van der Waals surface area contributed by atoms with Crippen molar-refractivity contribution in [1.29, 1.82) is 0 Å². The first-order valence-corrected chi connectivity index (χ1v) is 4.28. The molecule has 6 heteroatoms. The van der Waals surface area contributed by atoms with Crippen molar-refractivity contribution >= 4 is 5.69 Å². The lowest BCUT2D eigenvalue weighted by Gasteiger charge is -2.09. The van der Waals surface area contributed by atoms with Gasteiger partial charge in [-0.3, -0.25) is 10.1 Å². The molecule has 2 N–H and O–H groups in total. The number of nitro benzene ring substituents is 1. The van der Waals surface area contributed by atoms with E-state index in [1.165, 1.54) is 18.2 Å². The van der Waals surface area contributed by atoms with Crippen LogP contribution in [0.3, 0.4) is 0 Å². The van der Waals surface area contributed by atoms with Crippen LogP contribution in [0, 0.1) is 10.1 Å². The lowest BCUT2D eigenvalue weighted by molar-refractivity contribution is -0.385. The average molecular weight is 216 g/mol. The third-order valence-electron chi connectivity index (χ3n) is 1.97. The van der Waals surface area contributed by atoms with Crippen LogP contribution < -0.4 is 5.73 Å². The monoisotopic (exact) mass is 216 g/mol. The molecule has 1 rings (SSSR count). The van der Waals surface area contributed by atoms with Crippen LogP contribution in [0.1, 0.15) is 5.56 Å². The fraction of sp³-hybridized carbons (Fsp3) is 0.333. The molecular weight excluding hydrogens is 206 g/mol. The molecule has 1 atom stereocenters. The van der Waals surface area contributed by atoms with Crippen LogP contribution in [-0.2, 0) is 6.42 Å². The molecule has 0 heterocycles. The van der Waals surface area contributed by atoms with E-state index in [0.29, 0.717) is 0 Å². The molecule has 1 unspecified atom stereocenters.